The van der Waals surface area contributed by atoms with Crippen LogP contribution in [0.15, 0.2) is 16.0 Å². The van der Waals surface area contributed by atoms with Gasteiger partial charge in [-0.1, -0.05) is 4.49 Å². The first kappa shape index (κ1) is 18.3. The molecule has 1 aromatic heterocycles. The van der Waals surface area contributed by atoms with Crippen LogP contribution in [0.3, 0.4) is 0 Å². The van der Waals surface area contributed by atoms with Crippen LogP contribution in [-0.4, -0.2) is 55.3 Å². The van der Waals surface area contributed by atoms with Crippen LogP contribution >= 0.6 is 23.3 Å². The van der Waals surface area contributed by atoms with Gasteiger partial charge in [0.15, 0.2) is 0 Å². The lowest BCUT2D eigenvalue weighted by Gasteiger charge is -2.47. The van der Waals surface area contributed by atoms with E-state index in [-0.39, 0.29) is 23.6 Å². The number of hydrogen-bond acceptors (Lipinski definition) is 8. The second kappa shape index (κ2) is 7.40. The third-order valence-corrected chi connectivity index (χ3v) is 6.43. The molecule has 10 heteroatoms. The quantitative estimate of drug-likeness (QED) is 0.557. The summed E-state index contributed by atoms with van der Waals surface area (Å²) in [7, 11) is 0. The Hall–Kier alpha value is -1.49. The fourth-order valence-corrected chi connectivity index (χ4v) is 5.38. The molecule has 25 heavy (non-hydrogen) atoms. The Labute approximate surface area is 153 Å². The summed E-state index contributed by atoms with van der Waals surface area (Å²) in [4.78, 5) is 26.3. The Bertz CT molecular complexity index is 692. The molecule has 4 N–H and O–H groups in total. The van der Waals surface area contributed by atoms with E-state index in [0.29, 0.717) is 23.6 Å². The van der Waals surface area contributed by atoms with Crippen LogP contribution in [0.5, 0.6) is 0 Å². The number of thioether (sulfide) groups is 1. The van der Waals surface area contributed by atoms with Crippen LogP contribution in [-0.2, 0) is 15.3 Å². The van der Waals surface area contributed by atoms with E-state index in [1.54, 1.807) is 6.92 Å². The molecule has 1 aromatic rings. The SMILES string of the molecule is C[C@@H](O)[C@H]1C(=O)N2C(C(=O)O)=C(SCc3csnn3)[C@H](CCCN)[C@H]12. The molecule has 2 aliphatic heterocycles. The first-order valence-electron chi connectivity index (χ1n) is 8.04. The maximum absolute atomic E-state index is 12.4. The Morgan fingerprint density at radius 1 is 1.56 bits per heavy atom. The number of nitrogens with two attached hydrogens (primary N) is 1. The van der Waals surface area contributed by atoms with Crippen LogP contribution in [0.4, 0.5) is 0 Å². The molecule has 8 nitrogen and oxygen atoms in total. The standard InChI is InChI=1S/C15H20N4O4S2/c1-7(20)10-11-9(3-2-4-16)13(24-5-8-6-25-18-17-8)12(15(22)23)19(11)14(10)21/h6-7,9-11,20H,2-5,16H2,1H3,(H,22,23)/t7-,9-,10-,11-/m1/s1. The average molecular weight is 384 g/mol. The van der Waals surface area contributed by atoms with Gasteiger partial charge >= 0.3 is 5.97 Å². The van der Waals surface area contributed by atoms with E-state index in [1.165, 1.54) is 28.2 Å². The highest BCUT2D eigenvalue weighted by atomic mass is 32.2. The number of aliphatic hydroxyl groups is 1. The molecule has 0 unspecified atom stereocenters. The third-order valence-electron chi connectivity index (χ3n) is 4.63. The Kier molecular flexibility index (Phi) is 5.42. The van der Waals surface area contributed by atoms with E-state index >= 15 is 0 Å². The van der Waals surface area contributed by atoms with Crippen LogP contribution in [0.25, 0.3) is 0 Å². The van der Waals surface area contributed by atoms with Crippen molar-refractivity contribution >= 4 is 35.2 Å². The van der Waals surface area contributed by atoms with Crippen LogP contribution in [0.2, 0.25) is 0 Å². The fourth-order valence-electron chi connectivity index (χ4n) is 3.58. The number of fused-ring (bicyclic) bond motifs is 1. The van der Waals surface area contributed by atoms with Gasteiger partial charge in [-0.2, -0.15) is 0 Å². The van der Waals surface area contributed by atoms with Gasteiger partial charge in [0, 0.05) is 22.0 Å². The maximum atomic E-state index is 12.4. The number of rotatable bonds is 8. The minimum Gasteiger partial charge on any atom is -0.477 e. The summed E-state index contributed by atoms with van der Waals surface area (Å²) >= 11 is 2.63. The summed E-state index contributed by atoms with van der Waals surface area (Å²) in [6.07, 6.45) is 0.601. The van der Waals surface area contributed by atoms with E-state index in [4.69, 9.17) is 5.73 Å². The molecule has 0 radical (unpaired) electrons. The number of aliphatic carboxylic acids is 1. The van der Waals surface area contributed by atoms with Gasteiger partial charge in [-0.25, -0.2) is 4.79 Å². The number of β-lactam (4-membered cyclic amide) rings is 1. The molecule has 1 fully saturated rings. The van der Waals surface area contributed by atoms with Gasteiger partial charge in [0.1, 0.15) is 5.70 Å². The number of aliphatic hydroxyl groups excluding tert-OH is 1. The molecule has 136 valence electrons. The Morgan fingerprint density at radius 2 is 2.32 bits per heavy atom. The molecule has 3 heterocycles. The molecule has 0 bridgehead atoms. The number of aromatic nitrogens is 2. The van der Waals surface area contributed by atoms with Crippen molar-refractivity contribution in [3.8, 4) is 0 Å². The molecule has 0 aliphatic carbocycles. The highest BCUT2D eigenvalue weighted by Crippen LogP contribution is 2.52. The van der Waals surface area contributed by atoms with Crippen LogP contribution < -0.4 is 5.73 Å². The highest BCUT2D eigenvalue weighted by molar-refractivity contribution is 8.02. The summed E-state index contributed by atoms with van der Waals surface area (Å²) < 4.78 is 3.81. The summed E-state index contributed by atoms with van der Waals surface area (Å²) in [5.41, 5.74) is 6.45. The Morgan fingerprint density at radius 3 is 2.88 bits per heavy atom. The van der Waals surface area contributed by atoms with Gasteiger partial charge < -0.3 is 20.8 Å². The molecular formula is C15H20N4O4S2. The molecule has 0 spiro atoms. The molecule has 3 rings (SSSR count). The summed E-state index contributed by atoms with van der Waals surface area (Å²) in [5, 5.41) is 25.4. The zero-order valence-electron chi connectivity index (χ0n) is 13.7. The number of carbonyl (C=O) groups is 2. The van der Waals surface area contributed by atoms with Gasteiger partial charge in [0.05, 0.1) is 23.8 Å². The second-order valence-electron chi connectivity index (χ2n) is 6.21. The zero-order chi connectivity index (χ0) is 18.1. The summed E-state index contributed by atoms with van der Waals surface area (Å²) in [6, 6.07) is -0.304. The fraction of sp³-hybridized carbons (Fsp3) is 0.600. The first-order valence-corrected chi connectivity index (χ1v) is 9.87. The van der Waals surface area contributed by atoms with Gasteiger partial charge in [0.25, 0.3) is 0 Å². The van der Waals surface area contributed by atoms with Gasteiger partial charge in [-0.15, -0.1) is 16.9 Å². The van der Waals surface area contributed by atoms with Crippen molar-refractivity contribution < 1.29 is 19.8 Å². The predicted octanol–water partition coefficient (Wildman–Crippen LogP) is 0.644. The number of amides is 1. The molecule has 1 amide bonds. The molecular weight excluding hydrogens is 364 g/mol. The lowest BCUT2D eigenvalue weighted by molar-refractivity contribution is -0.163. The third kappa shape index (κ3) is 3.19. The van der Waals surface area contributed by atoms with Crippen LogP contribution in [0.1, 0.15) is 25.5 Å². The largest absolute Gasteiger partial charge is 0.477 e. The Balaban J connectivity index is 1.91. The topological polar surface area (TPSA) is 130 Å². The van der Waals surface area contributed by atoms with Crippen molar-refractivity contribution in [1.29, 1.82) is 0 Å². The van der Waals surface area contributed by atoms with Gasteiger partial charge in [-0.05, 0) is 37.8 Å². The van der Waals surface area contributed by atoms with Crippen molar-refractivity contribution in [3.05, 3.63) is 21.7 Å². The van der Waals surface area contributed by atoms with Crippen molar-refractivity contribution in [3.63, 3.8) is 0 Å². The van der Waals surface area contributed by atoms with E-state index in [2.05, 4.69) is 9.59 Å². The number of carboxylic acid groups (broad SMARTS) is 1. The maximum Gasteiger partial charge on any atom is 0.353 e. The number of hydrogen-bond donors (Lipinski definition) is 3. The summed E-state index contributed by atoms with van der Waals surface area (Å²) in [5.74, 6) is -1.62. The molecule has 4 atom stereocenters. The predicted molar refractivity (Wildman–Crippen MR) is 93.4 cm³/mol. The monoisotopic (exact) mass is 384 g/mol. The average Bonchev–Trinajstić information content (AvgIpc) is 3.15. The van der Waals surface area contributed by atoms with E-state index in [0.717, 1.165) is 12.1 Å². The van der Waals surface area contributed by atoms with Gasteiger partial charge in [-0.3, -0.25) is 4.79 Å². The van der Waals surface area contributed by atoms with E-state index < -0.39 is 18.0 Å². The van der Waals surface area contributed by atoms with E-state index in [1.807, 2.05) is 5.38 Å². The normalized spacial score (nSPS) is 26.6. The minimum atomic E-state index is -1.11. The van der Waals surface area contributed by atoms with Gasteiger partial charge in [0.2, 0.25) is 5.91 Å². The lowest BCUT2D eigenvalue weighted by Crippen LogP contribution is -2.63. The van der Waals surface area contributed by atoms with Crippen molar-refractivity contribution in [2.45, 2.75) is 37.7 Å². The second-order valence-corrected chi connectivity index (χ2v) is 7.83. The minimum absolute atomic E-state index is 0.0436. The van der Waals surface area contributed by atoms with E-state index in [9.17, 15) is 19.8 Å². The van der Waals surface area contributed by atoms with Crippen molar-refractivity contribution in [1.82, 2.24) is 14.5 Å². The molecule has 2 aliphatic rings. The highest BCUT2D eigenvalue weighted by Gasteiger charge is 2.60. The summed E-state index contributed by atoms with van der Waals surface area (Å²) in [6.45, 7) is 2.07. The number of nitrogens with zero attached hydrogens (tertiary/aromatic N) is 3. The zero-order valence-corrected chi connectivity index (χ0v) is 15.3. The molecule has 1 saturated heterocycles. The number of carboxylic acids is 1. The smallest absolute Gasteiger partial charge is 0.353 e. The lowest BCUT2D eigenvalue weighted by atomic mass is 9.77. The van der Waals surface area contributed by atoms with Crippen LogP contribution in [0, 0.1) is 11.8 Å². The number of carbonyl (C=O) groups excluding carboxylic acids is 1. The first-order chi connectivity index (χ1) is 12.0. The molecule has 0 aromatic carbocycles. The van der Waals surface area contributed by atoms with Crippen molar-refractivity contribution in [2.75, 3.05) is 6.54 Å². The van der Waals surface area contributed by atoms with Crippen molar-refractivity contribution in [2.24, 2.45) is 17.6 Å². The molecule has 0 saturated carbocycles.